The van der Waals surface area contributed by atoms with Crippen molar-refractivity contribution in [2.45, 2.75) is 39.3 Å². The zero-order valence-electron chi connectivity index (χ0n) is 10.5. The van der Waals surface area contributed by atoms with Crippen molar-refractivity contribution in [1.82, 2.24) is 5.32 Å². The van der Waals surface area contributed by atoms with Gasteiger partial charge in [0.25, 0.3) is 0 Å². The second-order valence-corrected chi connectivity index (χ2v) is 5.99. The fourth-order valence-corrected chi connectivity index (χ4v) is 2.48. The number of benzene rings is 1. The van der Waals surface area contributed by atoms with Crippen molar-refractivity contribution in [1.29, 1.82) is 0 Å². The summed E-state index contributed by atoms with van der Waals surface area (Å²) < 4.78 is 7.88. The largest absolute Gasteiger partial charge is 0.488 e. The zero-order valence-corrected chi connectivity index (χ0v) is 13.6. The fraction of sp³-hybridized carbons (Fsp3) is 0.538. The molecule has 0 radical (unpaired) electrons. The van der Waals surface area contributed by atoms with E-state index in [1.54, 1.807) is 0 Å². The van der Waals surface area contributed by atoms with Gasteiger partial charge < -0.3 is 10.1 Å². The van der Waals surface area contributed by atoms with Crippen molar-refractivity contribution in [2.24, 2.45) is 0 Å². The SMILES string of the molecule is CCC(C)NCC(C)Oc1ccc(Br)cc1Br. The normalized spacial score (nSPS) is 14.4. The van der Waals surface area contributed by atoms with Gasteiger partial charge in [-0.1, -0.05) is 22.9 Å². The summed E-state index contributed by atoms with van der Waals surface area (Å²) in [5.74, 6) is 0.881. The Morgan fingerprint density at radius 3 is 2.59 bits per heavy atom. The summed E-state index contributed by atoms with van der Waals surface area (Å²) >= 11 is 6.92. The van der Waals surface area contributed by atoms with Gasteiger partial charge >= 0.3 is 0 Å². The standard InChI is InChI=1S/C13H19Br2NO/c1-4-9(2)16-8-10(3)17-13-6-5-11(14)7-12(13)15/h5-7,9-10,16H,4,8H2,1-3H3. The highest BCUT2D eigenvalue weighted by atomic mass is 79.9. The van der Waals surface area contributed by atoms with Crippen LogP contribution in [-0.2, 0) is 0 Å². The van der Waals surface area contributed by atoms with E-state index >= 15 is 0 Å². The molecular formula is C13H19Br2NO. The Balaban J connectivity index is 2.47. The topological polar surface area (TPSA) is 21.3 Å². The quantitative estimate of drug-likeness (QED) is 0.809. The first-order valence-corrected chi connectivity index (χ1v) is 7.46. The van der Waals surface area contributed by atoms with E-state index in [1.165, 1.54) is 0 Å². The molecule has 0 aliphatic rings. The third kappa shape index (κ3) is 5.40. The van der Waals surface area contributed by atoms with E-state index in [-0.39, 0.29) is 6.10 Å². The Morgan fingerprint density at radius 1 is 1.29 bits per heavy atom. The predicted molar refractivity (Wildman–Crippen MR) is 79.7 cm³/mol. The van der Waals surface area contributed by atoms with Crippen molar-refractivity contribution >= 4 is 31.9 Å². The highest BCUT2D eigenvalue weighted by Crippen LogP contribution is 2.28. The molecule has 2 atom stereocenters. The molecule has 0 bridgehead atoms. The summed E-state index contributed by atoms with van der Waals surface area (Å²) in [5.41, 5.74) is 0. The van der Waals surface area contributed by atoms with Crippen LogP contribution < -0.4 is 10.1 Å². The molecule has 0 aliphatic heterocycles. The Kier molecular flexibility index (Phi) is 6.52. The lowest BCUT2D eigenvalue weighted by Gasteiger charge is -2.19. The first kappa shape index (κ1) is 15.0. The van der Waals surface area contributed by atoms with Crippen LogP contribution in [0.2, 0.25) is 0 Å². The Hall–Kier alpha value is -0.0600. The molecule has 1 rings (SSSR count). The Morgan fingerprint density at radius 2 is 2.00 bits per heavy atom. The number of nitrogens with one attached hydrogen (secondary N) is 1. The van der Waals surface area contributed by atoms with E-state index in [9.17, 15) is 0 Å². The van der Waals surface area contributed by atoms with E-state index < -0.39 is 0 Å². The van der Waals surface area contributed by atoms with Crippen LogP contribution in [0.25, 0.3) is 0 Å². The van der Waals surface area contributed by atoms with Gasteiger partial charge in [0.2, 0.25) is 0 Å². The molecule has 17 heavy (non-hydrogen) atoms. The molecule has 1 N–H and O–H groups in total. The van der Waals surface area contributed by atoms with Gasteiger partial charge in [-0.05, 0) is 54.4 Å². The molecule has 0 fully saturated rings. The van der Waals surface area contributed by atoms with Crippen LogP contribution in [0.1, 0.15) is 27.2 Å². The van der Waals surface area contributed by atoms with Crippen LogP contribution in [0.4, 0.5) is 0 Å². The molecule has 96 valence electrons. The summed E-state index contributed by atoms with van der Waals surface area (Å²) in [6, 6.07) is 6.47. The lowest BCUT2D eigenvalue weighted by atomic mass is 10.2. The molecule has 0 aliphatic carbocycles. The Labute approximate surface area is 120 Å². The molecule has 0 heterocycles. The van der Waals surface area contributed by atoms with Crippen LogP contribution >= 0.6 is 31.9 Å². The van der Waals surface area contributed by atoms with Gasteiger partial charge in [0.15, 0.2) is 0 Å². The second kappa shape index (κ2) is 7.39. The van der Waals surface area contributed by atoms with Gasteiger partial charge in [0.05, 0.1) is 4.47 Å². The number of hydrogen-bond acceptors (Lipinski definition) is 2. The molecule has 0 saturated heterocycles. The first-order chi connectivity index (χ1) is 8.02. The lowest BCUT2D eigenvalue weighted by Crippen LogP contribution is -2.34. The summed E-state index contributed by atoms with van der Waals surface area (Å²) in [7, 11) is 0. The van der Waals surface area contributed by atoms with E-state index in [2.05, 4.69) is 57.9 Å². The third-order valence-electron chi connectivity index (χ3n) is 2.59. The molecule has 0 amide bonds. The fourth-order valence-electron chi connectivity index (χ4n) is 1.34. The maximum atomic E-state index is 5.86. The van der Waals surface area contributed by atoms with E-state index in [1.807, 2.05) is 18.2 Å². The van der Waals surface area contributed by atoms with Gasteiger partial charge in [-0.2, -0.15) is 0 Å². The van der Waals surface area contributed by atoms with Crippen LogP contribution in [0.3, 0.4) is 0 Å². The number of rotatable bonds is 6. The number of halogens is 2. The summed E-state index contributed by atoms with van der Waals surface area (Å²) in [6.45, 7) is 7.29. The molecule has 0 aromatic heterocycles. The zero-order chi connectivity index (χ0) is 12.8. The molecule has 0 spiro atoms. The summed E-state index contributed by atoms with van der Waals surface area (Å²) in [6.07, 6.45) is 1.29. The van der Waals surface area contributed by atoms with Gasteiger partial charge in [0, 0.05) is 17.1 Å². The smallest absolute Gasteiger partial charge is 0.134 e. The summed E-state index contributed by atoms with van der Waals surface area (Å²) in [5, 5.41) is 3.43. The van der Waals surface area contributed by atoms with Crippen molar-refractivity contribution in [2.75, 3.05) is 6.54 Å². The van der Waals surface area contributed by atoms with Crippen molar-refractivity contribution < 1.29 is 4.74 Å². The van der Waals surface area contributed by atoms with E-state index in [4.69, 9.17) is 4.74 Å². The minimum atomic E-state index is 0.154. The molecule has 2 unspecified atom stereocenters. The van der Waals surface area contributed by atoms with E-state index in [0.717, 1.165) is 27.7 Å². The minimum absolute atomic E-state index is 0.154. The Bertz CT molecular complexity index is 357. The van der Waals surface area contributed by atoms with Crippen molar-refractivity contribution in [3.63, 3.8) is 0 Å². The monoisotopic (exact) mass is 363 g/mol. The highest BCUT2D eigenvalue weighted by molar-refractivity contribution is 9.11. The van der Waals surface area contributed by atoms with Crippen LogP contribution in [0, 0.1) is 0 Å². The average Bonchev–Trinajstić information content (AvgIpc) is 2.29. The van der Waals surface area contributed by atoms with Crippen LogP contribution in [0.15, 0.2) is 27.1 Å². The van der Waals surface area contributed by atoms with Crippen molar-refractivity contribution in [3.05, 3.63) is 27.1 Å². The van der Waals surface area contributed by atoms with Crippen LogP contribution in [-0.4, -0.2) is 18.7 Å². The third-order valence-corrected chi connectivity index (χ3v) is 3.70. The first-order valence-electron chi connectivity index (χ1n) is 5.88. The molecule has 4 heteroatoms. The van der Waals surface area contributed by atoms with Gasteiger partial charge in [-0.15, -0.1) is 0 Å². The maximum Gasteiger partial charge on any atom is 0.134 e. The molecule has 0 saturated carbocycles. The highest BCUT2D eigenvalue weighted by Gasteiger charge is 2.08. The van der Waals surface area contributed by atoms with Crippen molar-refractivity contribution in [3.8, 4) is 5.75 Å². The van der Waals surface area contributed by atoms with Gasteiger partial charge in [-0.25, -0.2) is 0 Å². The van der Waals surface area contributed by atoms with Gasteiger partial charge in [-0.3, -0.25) is 0 Å². The number of ether oxygens (including phenoxy) is 1. The molecule has 2 nitrogen and oxygen atoms in total. The molecular weight excluding hydrogens is 346 g/mol. The molecule has 1 aromatic rings. The second-order valence-electron chi connectivity index (χ2n) is 4.22. The average molecular weight is 365 g/mol. The van der Waals surface area contributed by atoms with Crippen LogP contribution in [0.5, 0.6) is 5.75 Å². The minimum Gasteiger partial charge on any atom is -0.488 e. The van der Waals surface area contributed by atoms with Gasteiger partial charge in [0.1, 0.15) is 11.9 Å². The lowest BCUT2D eigenvalue weighted by molar-refractivity contribution is 0.210. The maximum absolute atomic E-state index is 5.86. The summed E-state index contributed by atoms with van der Waals surface area (Å²) in [4.78, 5) is 0. The van der Waals surface area contributed by atoms with E-state index in [0.29, 0.717) is 6.04 Å². The predicted octanol–water partition coefficient (Wildman–Crippen LogP) is 4.37. The number of hydrogen-bond donors (Lipinski definition) is 1. The molecule has 1 aromatic carbocycles.